The van der Waals surface area contributed by atoms with Gasteiger partial charge < -0.3 is 15.4 Å². The van der Waals surface area contributed by atoms with Crippen LogP contribution in [0, 0.1) is 3.57 Å². The Bertz CT molecular complexity index is 1610. The number of anilines is 2. The molecule has 0 aliphatic heterocycles. The number of methoxy groups -OCH3 is 1. The molecule has 0 radical (unpaired) electrons. The monoisotopic (exact) mass is 764 g/mol. The third kappa shape index (κ3) is 7.50. The molecule has 0 bridgehead atoms. The number of alkyl halides is 10. The Labute approximate surface area is 261 Å². The number of benzene rings is 3. The van der Waals surface area contributed by atoms with Gasteiger partial charge in [-0.3, -0.25) is 14.4 Å². The lowest BCUT2D eigenvalue weighted by atomic mass is 9.92. The van der Waals surface area contributed by atoms with Gasteiger partial charge >= 0.3 is 30.2 Å². The highest BCUT2D eigenvalue weighted by Gasteiger charge is 2.73. The van der Waals surface area contributed by atoms with E-state index in [4.69, 9.17) is 0 Å². The zero-order valence-electron chi connectivity index (χ0n) is 22.6. The summed E-state index contributed by atoms with van der Waals surface area (Å²) in [6, 6.07) is 9.78. The number of amides is 2. The molecule has 45 heavy (non-hydrogen) atoms. The van der Waals surface area contributed by atoms with Gasteiger partial charge in [-0.1, -0.05) is 18.2 Å². The van der Waals surface area contributed by atoms with Gasteiger partial charge in [0.25, 0.3) is 11.8 Å². The first-order chi connectivity index (χ1) is 20.6. The maximum absolute atomic E-state index is 14.6. The lowest BCUT2D eigenvalue weighted by molar-refractivity contribution is -0.348. The molecule has 3 aromatic rings. The Hall–Kier alpha value is -3.90. The highest BCUT2D eigenvalue weighted by molar-refractivity contribution is 14.1. The summed E-state index contributed by atoms with van der Waals surface area (Å²) in [5, 5.41) is 4.25. The molecule has 1 unspecified atom stereocenters. The first-order valence-electron chi connectivity index (χ1n) is 12.3. The van der Waals surface area contributed by atoms with Crippen LogP contribution < -0.4 is 10.6 Å². The van der Waals surface area contributed by atoms with E-state index >= 15 is 0 Å². The molecule has 0 spiro atoms. The van der Waals surface area contributed by atoms with Crippen LogP contribution in [0.4, 0.5) is 55.3 Å². The quantitative estimate of drug-likeness (QED) is 0.144. The molecule has 1 atom stereocenters. The third-order valence-corrected chi connectivity index (χ3v) is 7.25. The van der Waals surface area contributed by atoms with Crippen molar-refractivity contribution >= 4 is 51.7 Å². The van der Waals surface area contributed by atoms with Gasteiger partial charge in [-0.15, -0.1) is 0 Å². The Morgan fingerprint density at radius 1 is 0.756 bits per heavy atom. The Kier molecular flexibility index (Phi) is 10.2. The van der Waals surface area contributed by atoms with Crippen LogP contribution in [0.2, 0.25) is 0 Å². The van der Waals surface area contributed by atoms with E-state index in [-0.39, 0.29) is 22.9 Å². The predicted octanol–water partition coefficient (Wildman–Crippen LogP) is 8.38. The number of esters is 1. The van der Waals surface area contributed by atoms with Gasteiger partial charge in [-0.25, -0.2) is 4.39 Å². The predicted molar refractivity (Wildman–Crippen MR) is 148 cm³/mol. The summed E-state index contributed by atoms with van der Waals surface area (Å²) in [4.78, 5) is 37.5. The van der Waals surface area contributed by atoms with Crippen molar-refractivity contribution in [3.8, 4) is 0 Å². The molecule has 0 saturated heterocycles. The number of ether oxygens (including phenoxy) is 1. The molecule has 0 aliphatic carbocycles. The normalized spacial score (nSPS) is 13.2. The van der Waals surface area contributed by atoms with E-state index < -0.39 is 74.4 Å². The van der Waals surface area contributed by atoms with Crippen molar-refractivity contribution in [3.63, 3.8) is 0 Å². The fraction of sp³-hybridized carbons (Fsp3) is 0.250. The van der Waals surface area contributed by atoms with Crippen LogP contribution in [-0.2, 0) is 21.4 Å². The molecule has 0 aromatic heterocycles. The van der Waals surface area contributed by atoms with Gasteiger partial charge in [0.2, 0.25) is 0 Å². The highest BCUT2D eigenvalue weighted by atomic mass is 127. The van der Waals surface area contributed by atoms with Crippen molar-refractivity contribution in [1.29, 1.82) is 0 Å². The molecule has 242 valence electrons. The Morgan fingerprint density at radius 3 is 1.82 bits per heavy atom. The molecule has 6 nitrogen and oxygen atoms in total. The second kappa shape index (κ2) is 12.8. The van der Waals surface area contributed by atoms with Gasteiger partial charge in [-0.05, 0) is 77.5 Å². The van der Waals surface area contributed by atoms with Gasteiger partial charge in [0.15, 0.2) is 0 Å². The fourth-order valence-electron chi connectivity index (χ4n) is 4.03. The molecule has 3 aromatic carbocycles. The second-order valence-corrected chi connectivity index (χ2v) is 10.6. The molecule has 17 heteroatoms. The zero-order chi connectivity index (χ0) is 34.1. The molecule has 0 heterocycles. The van der Waals surface area contributed by atoms with Gasteiger partial charge in [0.1, 0.15) is 0 Å². The maximum Gasteiger partial charge on any atom is 0.435 e. The number of carbonyl (C=O) groups is 3. The largest absolute Gasteiger partial charge is 0.469 e. The summed E-state index contributed by atoms with van der Waals surface area (Å²) in [7, 11) is 1.19. The van der Waals surface area contributed by atoms with Crippen LogP contribution in [0.15, 0.2) is 60.7 Å². The van der Waals surface area contributed by atoms with E-state index in [0.29, 0.717) is 5.56 Å². The number of rotatable bonds is 7. The average molecular weight is 764 g/mol. The van der Waals surface area contributed by atoms with Crippen molar-refractivity contribution in [2.45, 2.75) is 37.0 Å². The highest BCUT2D eigenvalue weighted by Crippen LogP contribution is 2.54. The standard InChI is InChI=1S/C28H19F10IN2O4/c1-13(24(44)45-2)14-5-3-6-15(9-14)22(42)40-18-8-4-7-16(10-18)23(43)41-21-19(26(30,31)32)11-17(12-20(21)39)25(29,27(33,34)35)28(36,37)38/h3-13H,1-2H3,(H,40,42)(H,41,43). The van der Waals surface area contributed by atoms with E-state index in [1.807, 2.05) is 0 Å². The first kappa shape index (κ1) is 35.6. The third-order valence-electron chi connectivity index (χ3n) is 6.40. The Balaban J connectivity index is 1.94. The number of carbonyl (C=O) groups excluding carboxylic acids is 3. The topological polar surface area (TPSA) is 84.5 Å². The van der Waals surface area contributed by atoms with Crippen molar-refractivity contribution < 1.29 is 63.0 Å². The van der Waals surface area contributed by atoms with E-state index in [1.165, 1.54) is 37.4 Å². The number of hydrogen-bond donors (Lipinski definition) is 2. The minimum Gasteiger partial charge on any atom is -0.469 e. The molecule has 0 saturated carbocycles. The number of hydrogen-bond acceptors (Lipinski definition) is 4. The van der Waals surface area contributed by atoms with Crippen molar-refractivity contribution in [2.24, 2.45) is 0 Å². The number of halogens is 11. The SMILES string of the molecule is COC(=O)C(C)c1cccc(C(=O)Nc2cccc(C(=O)Nc3c(I)cc(C(F)(C(F)(F)F)C(F)(F)F)cc3C(F)(F)F)c2)c1. The summed E-state index contributed by atoms with van der Waals surface area (Å²) < 4.78 is 139. The summed E-state index contributed by atoms with van der Waals surface area (Å²) >= 11 is 0.941. The Morgan fingerprint density at radius 2 is 1.29 bits per heavy atom. The smallest absolute Gasteiger partial charge is 0.435 e. The van der Waals surface area contributed by atoms with Crippen LogP contribution in [-0.4, -0.2) is 37.2 Å². The van der Waals surface area contributed by atoms with Crippen LogP contribution in [0.25, 0.3) is 0 Å². The van der Waals surface area contributed by atoms with Crippen LogP contribution in [0.5, 0.6) is 0 Å². The maximum atomic E-state index is 14.6. The van der Waals surface area contributed by atoms with Crippen LogP contribution >= 0.6 is 22.6 Å². The molecule has 3 rings (SSSR count). The lowest BCUT2D eigenvalue weighted by Crippen LogP contribution is -2.50. The summed E-state index contributed by atoms with van der Waals surface area (Å²) in [6.45, 7) is 1.55. The lowest BCUT2D eigenvalue weighted by Gasteiger charge is -2.31. The van der Waals surface area contributed by atoms with Crippen LogP contribution in [0.1, 0.15) is 50.2 Å². The summed E-state index contributed by atoms with van der Waals surface area (Å²) in [6.07, 6.45) is -19.0. The van der Waals surface area contributed by atoms with E-state index in [1.54, 1.807) is 18.3 Å². The van der Waals surface area contributed by atoms with Gasteiger partial charge in [0.05, 0.1) is 24.3 Å². The van der Waals surface area contributed by atoms with E-state index in [2.05, 4.69) is 10.1 Å². The minimum atomic E-state index is -6.67. The summed E-state index contributed by atoms with van der Waals surface area (Å²) in [5.41, 5.74) is -11.8. The first-order valence-corrected chi connectivity index (χ1v) is 13.3. The number of nitrogens with one attached hydrogen (secondary N) is 2. The summed E-state index contributed by atoms with van der Waals surface area (Å²) in [5.74, 6) is -3.28. The van der Waals surface area contributed by atoms with Gasteiger partial charge in [0, 0.05) is 25.9 Å². The van der Waals surface area contributed by atoms with Crippen molar-refractivity contribution in [3.05, 3.63) is 92.1 Å². The minimum absolute atomic E-state index is 0.0299. The van der Waals surface area contributed by atoms with Crippen LogP contribution in [0.3, 0.4) is 0 Å². The molecular formula is C28H19F10IN2O4. The van der Waals surface area contributed by atoms with E-state index in [0.717, 1.165) is 34.7 Å². The van der Waals surface area contributed by atoms with Crippen molar-refractivity contribution in [2.75, 3.05) is 17.7 Å². The zero-order valence-corrected chi connectivity index (χ0v) is 24.8. The second-order valence-electron chi connectivity index (χ2n) is 9.39. The fourth-order valence-corrected chi connectivity index (χ4v) is 4.79. The van der Waals surface area contributed by atoms with E-state index in [9.17, 15) is 58.3 Å². The molecule has 0 fully saturated rings. The average Bonchev–Trinajstić information content (AvgIpc) is 2.95. The van der Waals surface area contributed by atoms with Gasteiger partial charge in [-0.2, -0.15) is 39.5 Å². The van der Waals surface area contributed by atoms with Crippen molar-refractivity contribution in [1.82, 2.24) is 0 Å². The molecule has 2 amide bonds. The molecule has 0 aliphatic rings. The molecular weight excluding hydrogens is 745 g/mol. The molecule has 2 N–H and O–H groups in total.